The maximum Gasteiger partial charge on any atom is 0.270 e. The van der Waals surface area contributed by atoms with E-state index < -0.39 is 4.92 Å². The number of furan rings is 1. The highest BCUT2D eigenvalue weighted by Gasteiger charge is 2.10. The van der Waals surface area contributed by atoms with Gasteiger partial charge in [-0.1, -0.05) is 29.8 Å². The van der Waals surface area contributed by atoms with Gasteiger partial charge in [-0.3, -0.25) is 14.9 Å². The second-order valence-corrected chi connectivity index (χ2v) is 6.93. The largest absolute Gasteiger partial charge is 0.455 e. The van der Waals surface area contributed by atoms with Crippen molar-refractivity contribution in [2.45, 2.75) is 20.8 Å². The number of rotatable bonds is 7. The molecule has 3 aromatic rings. The molecule has 0 aliphatic rings. The van der Waals surface area contributed by atoms with Gasteiger partial charge < -0.3 is 9.73 Å². The zero-order chi connectivity index (χ0) is 21.7. The maximum absolute atomic E-state index is 12.0. The van der Waals surface area contributed by atoms with Crippen LogP contribution in [-0.2, 0) is 4.79 Å². The van der Waals surface area contributed by atoms with E-state index in [-0.39, 0.29) is 18.1 Å². The normalized spacial score (nSPS) is 10.9. The first kappa shape index (κ1) is 20.8. The highest BCUT2D eigenvalue weighted by Crippen LogP contribution is 2.25. The SMILES string of the molecule is Cc1cc(C)c(NCC(=O)N/N=C\c2ccc(-c3cccc([N+](=O)[O-])c3)o2)c(C)c1. The van der Waals surface area contributed by atoms with Gasteiger partial charge in [0.15, 0.2) is 0 Å². The summed E-state index contributed by atoms with van der Waals surface area (Å²) >= 11 is 0. The number of benzene rings is 2. The van der Waals surface area contributed by atoms with Gasteiger partial charge in [0.05, 0.1) is 17.7 Å². The smallest absolute Gasteiger partial charge is 0.270 e. The zero-order valence-corrected chi connectivity index (χ0v) is 16.9. The van der Waals surface area contributed by atoms with E-state index in [9.17, 15) is 14.9 Å². The molecule has 0 radical (unpaired) electrons. The van der Waals surface area contributed by atoms with Gasteiger partial charge in [0, 0.05) is 23.4 Å². The predicted molar refractivity (Wildman–Crippen MR) is 116 cm³/mol. The molecule has 154 valence electrons. The Kier molecular flexibility index (Phi) is 6.26. The molecule has 2 N–H and O–H groups in total. The van der Waals surface area contributed by atoms with Gasteiger partial charge in [0.25, 0.3) is 11.6 Å². The van der Waals surface area contributed by atoms with Crippen molar-refractivity contribution in [2.75, 3.05) is 11.9 Å². The minimum atomic E-state index is -0.460. The van der Waals surface area contributed by atoms with E-state index in [1.54, 1.807) is 24.3 Å². The number of hydrogen-bond donors (Lipinski definition) is 2. The quantitative estimate of drug-likeness (QED) is 0.344. The second kappa shape index (κ2) is 9.04. The van der Waals surface area contributed by atoms with Gasteiger partial charge >= 0.3 is 0 Å². The van der Waals surface area contributed by atoms with Crippen LogP contribution >= 0.6 is 0 Å². The Hall–Kier alpha value is -3.94. The van der Waals surface area contributed by atoms with E-state index in [2.05, 4.69) is 28.0 Å². The van der Waals surface area contributed by atoms with E-state index in [1.807, 2.05) is 20.8 Å². The van der Waals surface area contributed by atoms with E-state index in [0.29, 0.717) is 17.1 Å². The number of carbonyl (C=O) groups excluding carboxylic acids is 1. The summed E-state index contributed by atoms with van der Waals surface area (Å²) in [5.41, 5.74) is 7.28. The fourth-order valence-corrected chi connectivity index (χ4v) is 3.19. The third-order valence-electron chi connectivity index (χ3n) is 4.45. The molecular formula is C22H22N4O4. The van der Waals surface area contributed by atoms with Crippen molar-refractivity contribution >= 4 is 23.5 Å². The highest BCUT2D eigenvalue weighted by atomic mass is 16.6. The Morgan fingerprint density at radius 2 is 1.87 bits per heavy atom. The van der Waals surface area contributed by atoms with Crippen LogP contribution in [0.3, 0.4) is 0 Å². The standard InChI is InChI=1S/C22H22N4O4/c1-14-9-15(2)22(16(3)10-14)23-13-21(27)25-24-12-19-7-8-20(30-19)17-5-4-6-18(11-17)26(28)29/h4-12,23H,13H2,1-3H3,(H,25,27)/b24-12-. The molecule has 0 fully saturated rings. The molecule has 3 rings (SSSR count). The Balaban J connectivity index is 1.57. The van der Waals surface area contributed by atoms with E-state index in [4.69, 9.17) is 4.42 Å². The monoisotopic (exact) mass is 406 g/mol. The highest BCUT2D eigenvalue weighted by molar-refractivity contribution is 5.84. The molecule has 0 spiro atoms. The number of anilines is 1. The minimum absolute atomic E-state index is 0.0158. The Morgan fingerprint density at radius 3 is 2.57 bits per heavy atom. The first-order valence-electron chi connectivity index (χ1n) is 9.32. The lowest BCUT2D eigenvalue weighted by Gasteiger charge is -2.13. The molecule has 8 heteroatoms. The average molecular weight is 406 g/mol. The van der Waals surface area contributed by atoms with Crippen LogP contribution < -0.4 is 10.7 Å². The summed E-state index contributed by atoms with van der Waals surface area (Å²) in [6.07, 6.45) is 1.38. The molecule has 0 saturated heterocycles. The molecule has 0 saturated carbocycles. The van der Waals surface area contributed by atoms with Crippen molar-refractivity contribution in [2.24, 2.45) is 5.10 Å². The summed E-state index contributed by atoms with van der Waals surface area (Å²) < 4.78 is 5.62. The van der Waals surface area contributed by atoms with E-state index in [0.717, 1.165) is 16.8 Å². The van der Waals surface area contributed by atoms with Gasteiger partial charge in [-0.05, 0) is 44.0 Å². The Labute approximate surface area is 173 Å². The van der Waals surface area contributed by atoms with Gasteiger partial charge in [-0.2, -0.15) is 5.10 Å². The predicted octanol–water partition coefficient (Wildman–Crippen LogP) is 4.34. The Bertz CT molecular complexity index is 1090. The van der Waals surface area contributed by atoms with Gasteiger partial charge in [-0.25, -0.2) is 5.43 Å². The number of aryl methyl sites for hydroxylation is 3. The molecule has 0 aliphatic heterocycles. The fraction of sp³-hybridized carbons (Fsp3) is 0.182. The molecule has 2 aromatic carbocycles. The zero-order valence-electron chi connectivity index (χ0n) is 16.9. The Morgan fingerprint density at radius 1 is 1.13 bits per heavy atom. The van der Waals surface area contributed by atoms with Gasteiger partial charge in [0.1, 0.15) is 11.5 Å². The summed E-state index contributed by atoms with van der Waals surface area (Å²) in [7, 11) is 0. The van der Waals surface area contributed by atoms with Crippen molar-refractivity contribution in [1.29, 1.82) is 0 Å². The number of hydrazone groups is 1. The summed E-state index contributed by atoms with van der Waals surface area (Å²) in [5.74, 6) is 0.588. The van der Waals surface area contributed by atoms with Crippen LogP contribution in [0, 0.1) is 30.9 Å². The van der Waals surface area contributed by atoms with Gasteiger partial charge in [-0.15, -0.1) is 0 Å². The van der Waals surface area contributed by atoms with Crippen LogP contribution in [0.1, 0.15) is 22.5 Å². The summed E-state index contributed by atoms with van der Waals surface area (Å²) in [6, 6.07) is 13.6. The number of nitro benzene ring substituents is 1. The maximum atomic E-state index is 12.0. The minimum Gasteiger partial charge on any atom is -0.455 e. The third-order valence-corrected chi connectivity index (χ3v) is 4.45. The molecule has 0 unspecified atom stereocenters. The van der Waals surface area contributed by atoms with Crippen molar-refractivity contribution in [1.82, 2.24) is 5.43 Å². The van der Waals surface area contributed by atoms with Crippen LogP contribution in [0.25, 0.3) is 11.3 Å². The topological polar surface area (TPSA) is 110 Å². The molecule has 1 heterocycles. The van der Waals surface area contributed by atoms with Crippen molar-refractivity contribution in [3.8, 4) is 11.3 Å². The van der Waals surface area contributed by atoms with Crippen LogP contribution in [-0.4, -0.2) is 23.6 Å². The van der Waals surface area contributed by atoms with E-state index in [1.165, 1.54) is 23.9 Å². The molecular weight excluding hydrogens is 384 g/mol. The van der Waals surface area contributed by atoms with Crippen LogP contribution in [0.5, 0.6) is 0 Å². The van der Waals surface area contributed by atoms with Gasteiger partial charge in [0.2, 0.25) is 0 Å². The second-order valence-electron chi connectivity index (χ2n) is 6.93. The molecule has 8 nitrogen and oxygen atoms in total. The number of carbonyl (C=O) groups is 1. The fourth-order valence-electron chi connectivity index (χ4n) is 3.19. The molecule has 30 heavy (non-hydrogen) atoms. The molecule has 0 atom stereocenters. The van der Waals surface area contributed by atoms with Crippen molar-refractivity contribution in [3.05, 3.63) is 81.1 Å². The lowest BCUT2D eigenvalue weighted by molar-refractivity contribution is -0.384. The van der Waals surface area contributed by atoms with E-state index >= 15 is 0 Å². The molecule has 0 bridgehead atoms. The summed E-state index contributed by atoms with van der Waals surface area (Å²) in [4.78, 5) is 22.5. The molecule has 1 amide bonds. The number of nitrogens with zero attached hydrogens (tertiary/aromatic N) is 2. The number of nitro groups is 1. The summed E-state index contributed by atoms with van der Waals surface area (Å²) in [5, 5.41) is 17.9. The first-order valence-corrected chi connectivity index (χ1v) is 9.32. The van der Waals surface area contributed by atoms with Crippen LogP contribution in [0.2, 0.25) is 0 Å². The van der Waals surface area contributed by atoms with Crippen molar-refractivity contribution < 1.29 is 14.1 Å². The number of nitrogens with one attached hydrogen (secondary N) is 2. The summed E-state index contributed by atoms with van der Waals surface area (Å²) in [6.45, 7) is 6.10. The van der Waals surface area contributed by atoms with Crippen LogP contribution in [0.4, 0.5) is 11.4 Å². The number of hydrogen-bond acceptors (Lipinski definition) is 6. The molecule has 1 aromatic heterocycles. The third kappa shape index (κ3) is 5.11. The molecule has 0 aliphatic carbocycles. The first-order chi connectivity index (χ1) is 14.3. The lowest BCUT2D eigenvalue weighted by atomic mass is 10.1. The van der Waals surface area contributed by atoms with Crippen molar-refractivity contribution in [3.63, 3.8) is 0 Å². The lowest BCUT2D eigenvalue weighted by Crippen LogP contribution is -2.26. The van der Waals surface area contributed by atoms with Crippen LogP contribution in [0.15, 0.2) is 58.0 Å². The number of amides is 1. The number of non-ortho nitro benzene ring substituents is 1. The average Bonchev–Trinajstić information content (AvgIpc) is 3.16.